The number of para-hydroxylation sites is 1. The fourth-order valence-electron chi connectivity index (χ4n) is 4.54. The molecule has 1 unspecified atom stereocenters. The fraction of sp³-hybridized carbons (Fsp3) is 0.107. The lowest BCUT2D eigenvalue weighted by molar-refractivity contribution is -0.117. The van der Waals surface area contributed by atoms with Crippen molar-refractivity contribution in [3.05, 3.63) is 94.4 Å². The van der Waals surface area contributed by atoms with E-state index in [9.17, 15) is 19.8 Å². The number of phenols is 1. The number of fused-ring (bicyclic) bond motifs is 2. The first-order chi connectivity index (χ1) is 18.4. The zero-order valence-corrected chi connectivity index (χ0v) is 21.4. The van der Waals surface area contributed by atoms with Crippen LogP contribution >= 0.6 is 22.9 Å². The van der Waals surface area contributed by atoms with Crippen LogP contribution in [0.1, 0.15) is 29.1 Å². The number of aromatic hydroxyl groups is 1. The van der Waals surface area contributed by atoms with Crippen molar-refractivity contribution in [3.63, 3.8) is 0 Å². The summed E-state index contributed by atoms with van der Waals surface area (Å²) in [5.41, 5.74) is 1.37. The van der Waals surface area contributed by atoms with E-state index >= 15 is 0 Å². The molecule has 6 rings (SSSR count). The van der Waals surface area contributed by atoms with Gasteiger partial charge in [-0.1, -0.05) is 47.2 Å². The highest BCUT2D eigenvalue weighted by Gasteiger charge is 2.46. The summed E-state index contributed by atoms with van der Waals surface area (Å²) in [5, 5.41) is 22.8. The Kier molecular flexibility index (Phi) is 5.81. The van der Waals surface area contributed by atoms with Crippen molar-refractivity contribution in [1.82, 2.24) is 4.98 Å². The van der Waals surface area contributed by atoms with Gasteiger partial charge in [-0.2, -0.15) is 0 Å². The van der Waals surface area contributed by atoms with Crippen LogP contribution < -0.4 is 9.64 Å². The van der Waals surface area contributed by atoms with Crippen molar-refractivity contribution in [2.75, 3.05) is 11.5 Å². The predicted molar refractivity (Wildman–Crippen MR) is 144 cm³/mol. The summed E-state index contributed by atoms with van der Waals surface area (Å²) < 4.78 is 12.1. The van der Waals surface area contributed by atoms with E-state index in [1.54, 1.807) is 61.5 Å². The minimum absolute atomic E-state index is 0.0210. The van der Waals surface area contributed by atoms with E-state index < -0.39 is 23.5 Å². The lowest BCUT2D eigenvalue weighted by Crippen LogP contribution is -2.31. The van der Waals surface area contributed by atoms with Gasteiger partial charge in [0.25, 0.3) is 5.91 Å². The number of aliphatic hydroxyl groups excluding tert-OH is 1. The molecule has 2 aromatic heterocycles. The van der Waals surface area contributed by atoms with Crippen LogP contribution in [0.2, 0.25) is 5.02 Å². The van der Waals surface area contributed by atoms with Crippen LogP contribution in [0.3, 0.4) is 0 Å². The van der Waals surface area contributed by atoms with E-state index in [0.717, 1.165) is 4.70 Å². The third-order valence-electron chi connectivity index (χ3n) is 6.25. The van der Waals surface area contributed by atoms with Gasteiger partial charge in [0, 0.05) is 10.4 Å². The van der Waals surface area contributed by atoms with Crippen LogP contribution in [-0.2, 0) is 4.79 Å². The molecule has 0 spiro atoms. The highest BCUT2D eigenvalue weighted by atomic mass is 35.5. The number of benzene rings is 3. The Morgan fingerprint density at radius 1 is 1.13 bits per heavy atom. The third-order valence-corrected chi connectivity index (χ3v) is 7.50. The van der Waals surface area contributed by atoms with Gasteiger partial charge < -0.3 is 19.4 Å². The van der Waals surface area contributed by atoms with Crippen LogP contribution in [0.4, 0.5) is 5.13 Å². The summed E-state index contributed by atoms with van der Waals surface area (Å²) in [6.45, 7) is 2.06. The molecule has 190 valence electrons. The molecule has 38 heavy (non-hydrogen) atoms. The van der Waals surface area contributed by atoms with Gasteiger partial charge in [0.05, 0.1) is 28.4 Å². The Labute approximate surface area is 225 Å². The summed E-state index contributed by atoms with van der Waals surface area (Å²) in [4.78, 5) is 33.2. The summed E-state index contributed by atoms with van der Waals surface area (Å²) in [7, 11) is 0. The normalized spacial score (nSPS) is 15.7. The first-order valence-electron chi connectivity index (χ1n) is 11.7. The molecule has 3 heterocycles. The maximum Gasteiger partial charge on any atom is 0.296 e. The smallest absolute Gasteiger partial charge is 0.296 e. The number of furan rings is 1. The zero-order valence-electron chi connectivity index (χ0n) is 19.8. The maximum absolute atomic E-state index is 13.8. The number of phenolic OH excluding ortho intramolecular Hbond substituents is 1. The quantitative estimate of drug-likeness (QED) is 0.231. The van der Waals surface area contributed by atoms with Crippen LogP contribution in [0.5, 0.6) is 11.5 Å². The zero-order chi connectivity index (χ0) is 26.6. The SMILES string of the molecule is CCOc1cc(C2C(C(=O)c3cc4ccccc4o3)=C(O)C(=O)N2c2nc3ccc(Cl)cc3s2)ccc1O. The monoisotopic (exact) mass is 546 g/mol. The Balaban J connectivity index is 1.53. The second-order valence-corrected chi connectivity index (χ2v) is 10.0. The molecule has 5 aromatic rings. The van der Waals surface area contributed by atoms with Crippen LogP contribution in [-0.4, -0.2) is 33.5 Å². The molecule has 0 saturated heterocycles. The number of nitrogens with zero attached hydrogens (tertiary/aromatic N) is 2. The van der Waals surface area contributed by atoms with E-state index in [4.69, 9.17) is 20.8 Å². The molecule has 0 bridgehead atoms. The number of carbonyl (C=O) groups is 2. The Morgan fingerprint density at radius 2 is 1.95 bits per heavy atom. The molecular formula is C28H19ClN2O6S. The largest absolute Gasteiger partial charge is 0.504 e. The van der Waals surface area contributed by atoms with E-state index in [2.05, 4.69) is 4.98 Å². The first kappa shape index (κ1) is 24.0. The van der Waals surface area contributed by atoms with Crippen molar-refractivity contribution < 1.29 is 29.0 Å². The third kappa shape index (κ3) is 3.87. The van der Waals surface area contributed by atoms with Gasteiger partial charge in [0.1, 0.15) is 5.58 Å². The van der Waals surface area contributed by atoms with Crippen LogP contribution in [0, 0.1) is 0 Å². The molecule has 0 radical (unpaired) electrons. The first-order valence-corrected chi connectivity index (χ1v) is 12.9. The molecule has 1 atom stereocenters. The van der Waals surface area contributed by atoms with E-state index in [-0.39, 0.29) is 34.6 Å². The van der Waals surface area contributed by atoms with Gasteiger partial charge in [0.2, 0.25) is 5.78 Å². The Morgan fingerprint density at radius 3 is 2.74 bits per heavy atom. The number of aliphatic hydroxyl groups is 1. The number of halogens is 1. The second-order valence-electron chi connectivity index (χ2n) is 8.59. The minimum Gasteiger partial charge on any atom is -0.504 e. The predicted octanol–water partition coefficient (Wildman–Crippen LogP) is 6.58. The summed E-state index contributed by atoms with van der Waals surface area (Å²) >= 11 is 7.35. The number of carbonyl (C=O) groups excluding carboxylic acids is 2. The lowest BCUT2D eigenvalue weighted by atomic mass is 9.95. The number of anilines is 1. The van der Waals surface area contributed by atoms with E-state index in [1.807, 2.05) is 6.07 Å². The van der Waals surface area contributed by atoms with Gasteiger partial charge in [-0.05, 0) is 55.0 Å². The van der Waals surface area contributed by atoms with Crippen molar-refractivity contribution in [2.24, 2.45) is 0 Å². The number of ketones is 1. The van der Waals surface area contributed by atoms with Gasteiger partial charge in [-0.25, -0.2) is 4.98 Å². The Bertz CT molecular complexity index is 1760. The van der Waals surface area contributed by atoms with E-state index in [0.29, 0.717) is 27.1 Å². The molecule has 8 nitrogen and oxygen atoms in total. The number of hydrogen-bond donors (Lipinski definition) is 2. The number of aromatic nitrogens is 1. The molecule has 0 saturated carbocycles. The average molecular weight is 547 g/mol. The highest BCUT2D eigenvalue weighted by Crippen LogP contribution is 2.46. The average Bonchev–Trinajstić information content (AvgIpc) is 3.59. The van der Waals surface area contributed by atoms with Crippen LogP contribution in [0.15, 0.2) is 82.5 Å². The topological polar surface area (TPSA) is 113 Å². The number of rotatable bonds is 6. The molecule has 2 N–H and O–H groups in total. The van der Waals surface area contributed by atoms with Crippen molar-refractivity contribution >= 4 is 60.9 Å². The van der Waals surface area contributed by atoms with Crippen molar-refractivity contribution in [2.45, 2.75) is 13.0 Å². The minimum atomic E-state index is -1.07. The number of ether oxygens (including phenoxy) is 1. The maximum atomic E-state index is 13.8. The van der Waals surface area contributed by atoms with Gasteiger partial charge in [0.15, 0.2) is 28.1 Å². The second kappa shape index (κ2) is 9.20. The van der Waals surface area contributed by atoms with E-state index in [1.165, 1.54) is 22.3 Å². The summed E-state index contributed by atoms with van der Waals surface area (Å²) in [6.07, 6.45) is 0. The van der Waals surface area contributed by atoms with Crippen molar-refractivity contribution in [1.29, 1.82) is 0 Å². The van der Waals surface area contributed by atoms with Gasteiger partial charge in [-0.3, -0.25) is 14.5 Å². The number of amides is 1. The number of thiazole rings is 1. The standard InChI is InChI=1S/C28H19ClN2O6S/c1-2-36-20-12-15(7-10-18(20)32)24-23(25(33)21-11-14-5-3-4-6-19(14)37-21)26(34)27(35)31(24)28-30-17-9-8-16(29)13-22(17)38-28/h3-13,24,32,34H,2H2,1H3. The molecule has 0 aliphatic carbocycles. The molecule has 1 aliphatic rings. The lowest BCUT2D eigenvalue weighted by Gasteiger charge is -2.24. The molecule has 3 aromatic carbocycles. The molecule has 1 aliphatic heterocycles. The number of hydrogen-bond acceptors (Lipinski definition) is 8. The molecular weight excluding hydrogens is 528 g/mol. The van der Waals surface area contributed by atoms with Crippen LogP contribution in [0.25, 0.3) is 21.2 Å². The van der Waals surface area contributed by atoms with Gasteiger partial charge in [-0.15, -0.1) is 0 Å². The Hall–Kier alpha value is -4.34. The van der Waals surface area contributed by atoms with Gasteiger partial charge >= 0.3 is 0 Å². The summed E-state index contributed by atoms with van der Waals surface area (Å²) in [5.74, 6) is -2.08. The number of Topliss-reactive ketones (excluding diaryl/α,β-unsaturated/α-hetero) is 1. The highest BCUT2D eigenvalue weighted by molar-refractivity contribution is 7.22. The fourth-order valence-corrected chi connectivity index (χ4v) is 5.81. The summed E-state index contributed by atoms with van der Waals surface area (Å²) in [6, 6.07) is 17.3. The van der Waals surface area contributed by atoms with Crippen molar-refractivity contribution in [3.8, 4) is 11.5 Å². The molecule has 1 amide bonds. The molecule has 0 fully saturated rings. The molecule has 10 heteroatoms.